The molecule has 0 saturated carbocycles. The number of anilines is 1. The lowest BCUT2D eigenvalue weighted by molar-refractivity contribution is -0.136. The number of hydrogen-bond acceptors (Lipinski definition) is 2. The minimum atomic E-state index is -0.760. The number of carbonyl (C=O) groups is 1. The Morgan fingerprint density at radius 2 is 2.19 bits per heavy atom. The number of carboxylic acid groups (broad SMARTS) is 1. The molecule has 84 valence electrons. The molecule has 1 aromatic rings. The highest BCUT2D eigenvalue weighted by Crippen LogP contribution is 2.32. The van der Waals surface area contributed by atoms with Crippen molar-refractivity contribution in [3.8, 4) is 0 Å². The van der Waals surface area contributed by atoms with Crippen molar-refractivity contribution in [3.05, 3.63) is 42.1 Å². The van der Waals surface area contributed by atoms with E-state index in [-0.39, 0.29) is 6.42 Å². The third-order valence-electron chi connectivity index (χ3n) is 2.86. The normalized spacial score (nSPS) is 18.3. The summed E-state index contributed by atoms with van der Waals surface area (Å²) in [5, 5.41) is 8.69. The minimum Gasteiger partial charge on any atom is -0.481 e. The van der Waals surface area contributed by atoms with Gasteiger partial charge >= 0.3 is 5.97 Å². The Bertz CT molecular complexity index is 426. The Morgan fingerprint density at radius 3 is 2.94 bits per heavy atom. The zero-order valence-corrected chi connectivity index (χ0v) is 9.26. The molecule has 0 aliphatic carbocycles. The van der Waals surface area contributed by atoms with Gasteiger partial charge in [0.15, 0.2) is 0 Å². The molecule has 0 spiro atoms. The van der Waals surface area contributed by atoms with Crippen LogP contribution >= 0.6 is 0 Å². The average molecular weight is 217 g/mol. The molecule has 3 nitrogen and oxygen atoms in total. The second-order valence-electron chi connectivity index (χ2n) is 4.03. The van der Waals surface area contributed by atoms with Crippen molar-refractivity contribution in [2.45, 2.75) is 19.3 Å². The summed E-state index contributed by atoms with van der Waals surface area (Å²) in [4.78, 5) is 12.6. The first-order valence-corrected chi connectivity index (χ1v) is 5.44. The fourth-order valence-corrected chi connectivity index (χ4v) is 1.96. The van der Waals surface area contributed by atoms with Gasteiger partial charge in [0.2, 0.25) is 0 Å². The fraction of sp³-hybridized carbons (Fsp3) is 0.308. The minimum absolute atomic E-state index is 0.160. The van der Waals surface area contributed by atoms with E-state index in [1.807, 2.05) is 29.3 Å². The highest BCUT2D eigenvalue weighted by molar-refractivity contribution is 5.69. The smallest absolute Gasteiger partial charge is 0.305 e. The molecule has 1 atom stereocenters. The topological polar surface area (TPSA) is 40.5 Å². The standard InChI is InChI=1S/C13H15NO2/c1-10-6-8-14(9-7-13(15)16)12-5-3-2-4-11(10)12/h2-6,8,10H,7,9H2,1H3,(H,15,16). The molecular formula is C13H15NO2. The summed E-state index contributed by atoms with van der Waals surface area (Å²) in [5.74, 6) is -0.359. The Morgan fingerprint density at radius 1 is 1.44 bits per heavy atom. The molecule has 0 bridgehead atoms. The maximum atomic E-state index is 10.6. The zero-order chi connectivity index (χ0) is 11.5. The van der Waals surface area contributed by atoms with Gasteiger partial charge in [-0.1, -0.05) is 31.2 Å². The predicted molar refractivity (Wildman–Crippen MR) is 63.6 cm³/mol. The Kier molecular flexibility index (Phi) is 2.95. The van der Waals surface area contributed by atoms with Gasteiger partial charge in [-0.2, -0.15) is 0 Å². The number of aliphatic carboxylic acids is 1. The van der Waals surface area contributed by atoms with Gasteiger partial charge in [0.1, 0.15) is 0 Å². The first-order valence-electron chi connectivity index (χ1n) is 5.44. The van der Waals surface area contributed by atoms with Crippen LogP contribution in [0, 0.1) is 0 Å². The van der Waals surface area contributed by atoms with Crippen LogP contribution in [0.4, 0.5) is 5.69 Å². The highest BCUT2D eigenvalue weighted by Gasteiger charge is 2.17. The van der Waals surface area contributed by atoms with Crippen LogP contribution < -0.4 is 4.90 Å². The maximum absolute atomic E-state index is 10.6. The summed E-state index contributed by atoms with van der Waals surface area (Å²) in [7, 11) is 0. The number of carboxylic acids is 1. The van der Waals surface area contributed by atoms with Gasteiger partial charge in [-0.3, -0.25) is 4.79 Å². The molecule has 16 heavy (non-hydrogen) atoms. The molecule has 1 unspecified atom stereocenters. The highest BCUT2D eigenvalue weighted by atomic mass is 16.4. The van der Waals surface area contributed by atoms with Crippen molar-refractivity contribution in [1.82, 2.24) is 0 Å². The number of hydrogen-bond donors (Lipinski definition) is 1. The van der Waals surface area contributed by atoms with E-state index < -0.39 is 5.97 Å². The van der Waals surface area contributed by atoms with E-state index >= 15 is 0 Å². The lowest BCUT2D eigenvalue weighted by atomic mass is 9.96. The van der Waals surface area contributed by atoms with Gasteiger partial charge in [-0.05, 0) is 11.6 Å². The van der Waals surface area contributed by atoms with Gasteiger partial charge in [0, 0.05) is 24.4 Å². The van der Waals surface area contributed by atoms with Crippen LogP contribution in [0.15, 0.2) is 36.5 Å². The van der Waals surface area contributed by atoms with Crippen molar-refractivity contribution in [2.75, 3.05) is 11.4 Å². The molecule has 0 aromatic heterocycles. The molecule has 0 amide bonds. The van der Waals surface area contributed by atoms with Crippen LogP contribution in [0.1, 0.15) is 24.8 Å². The maximum Gasteiger partial charge on any atom is 0.305 e. The summed E-state index contributed by atoms with van der Waals surface area (Å²) in [5.41, 5.74) is 2.38. The molecule has 0 saturated heterocycles. The van der Waals surface area contributed by atoms with Crippen LogP contribution in [0.3, 0.4) is 0 Å². The number of allylic oxidation sites excluding steroid dienone is 1. The van der Waals surface area contributed by atoms with Crippen LogP contribution in [0.2, 0.25) is 0 Å². The molecule has 1 N–H and O–H groups in total. The first-order chi connectivity index (χ1) is 7.68. The lowest BCUT2D eigenvalue weighted by Crippen LogP contribution is -2.24. The van der Waals surface area contributed by atoms with Crippen molar-refractivity contribution in [1.29, 1.82) is 0 Å². The van der Waals surface area contributed by atoms with Gasteiger partial charge in [-0.25, -0.2) is 0 Å². The molecule has 1 aliphatic heterocycles. The average Bonchev–Trinajstić information content (AvgIpc) is 2.28. The zero-order valence-electron chi connectivity index (χ0n) is 9.26. The van der Waals surface area contributed by atoms with Crippen LogP contribution in [0.5, 0.6) is 0 Å². The van der Waals surface area contributed by atoms with Crippen molar-refractivity contribution in [2.24, 2.45) is 0 Å². The molecule has 1 aliphatic rings. The van der Waals surface area contributed by atoms with E-state index in [1.165, 1.54) is 5.56 Å². The molecular weight excluding hydrogens is 202 g/mol. The van der Waals surface area contributed by atoms with Crippen LogP contribution in [-0.4, -0.2) is 17.6 Å². The van der Waals surface area contributed by atoms with Gasteiger partial charge in [0.05, 0.1) is 6.42 Å². The summed E-state index contributed by atoms with van der Waals surface area (Å²) in [6, 6.07) is 8.14. The molecule has 0 fully saturated rings. The van der Waals surface area contributed by atoms with E-state index in [1.54, 1.807) is 0 Å². The monoisotopic (exact) mass is 217 g/mol. The van der Waals surface area contributed by atoms with E-state index in [9.17, 15) is 4.79 Å². The molecule has 3 heteroatoms. The van der Waals surface area contributed by atoms with E-state index in [2.05, 4.69) is 19.1 Å². The second kappa shape index (κ2) is 4.39. The van der Waals surface area contributed by atoms with Crippen molar-refractivity contribution >= 4 is 11.7 Å². The lowest BCUT2D eigenvalue weighted by Gasteiger charge is -2.28. The first kappa shape index (κ1) is 10.7. The summed E-state index contributed by atoms with van der Waals surface area (Å²) < 4.78 is 0. The fourth-order valence-electron chi connectivity index (χ4n) is 1.96. The largest absolute Gasteiger partial charge is 0.481 e. The number of benzene rings is 1. The van der Waals surface area contributed by atoms with Crippen molar-refractivity contribution in [3.63, 3.8) is 0 Å². The Labute approximate surface area is 95.0 Å². The van der Waals surface area contributed by atoms with Gasteiger partial charge < -0.3 is 10.0 Å². The van der Waals surface area contributed by atoms with Gasteiger partial charge in [-0.15, -0.1) is 0 Å². The Hall–Kier alpha value is -1.77. The predicted octanol–water partition coefficient (Wildman–Crippen LogP) is 2.60. The number of rotatable bonds is 3. The number of fused-ring (bicyclic) bond motifs is 1. The SMILES string of the molecule is CC1C=CN(CCC(=O)O)c2ccccc21. The van der Waals surface area contributed by atoms with Gasteiger partial charge in [0.25, 0.3) is 0 Å². The number of nitrogens with zero attached hydrogens (tertiary/aromatic N) is 1. The molecule has 0 radical (unpaired) electrons. The summed E-state index contributed by atoms with van der Waals surface area (Å²) in [6.07, 6.45) is 4.24. The van der Waals surface area contributed by atoms with E-state index in [0.29, 0.717) is 12.5 Å². The quantitative estimate of drug-likeness (QED) is 0.846. The van der Waals surface area contributed by atoms with E-state index in [0.717, 1.165) is 5.69 Å². The van der Waals surface area contributed by atoms with E-state index in [4.69, 9.17) is 5.11 Å². The van der Waals surface area contributed by atoms with Crippen molar-refractivity contribution < 1.29 is 9.90 Å². The van der Waals surface area contributed by atoms with Crippen LogP contribution in [0.25, 0.3) is 0 Å². The summed E-state index contributed by atoms with van der Waals surface area (Å²) in [6.45, 7) is 2.67. The summed E-state index contributed by atoms with van der Waals surface area (Å²) >= 11 is 0. The number of para-hydroxylation sites is 1. The Balaban J connectivity index is 2.22. The molecule has 1 aromatic carbocycles. The second-order valence-corrected chi connectivity index (χ2v) is 4.03. The third-order valence-corrected chi connectivity index (χ3v) is 2.86. The molecule has 1 heterocycles. The molecule has 2 rings (SSSR count). The van der Waals surface area contributed by atoms with Crippen LogP contribution in [-0.2, 0) is 4.79 Å². The third kappa shape index (κ3) is 2.08.